The third kappa shape index (κ3) is 2.24. The molecule has 5 saturated carbocycles. The molecule has 0 amide bonds. The van der Waals surface area contributed by atoms with Gasteiger partial charge in [-0.1, -0.05) is 33.6 Å². The predicted octanol–water partition coefficient (Wildman–Crippen LogP) is 5.33. The zero-order valence-corrected chi connectivity index (χ0v) is 18.9. The highest BCUT2D eigenvalue weighted by molar-refractivity contribution is 5.84. The molecule has 3 heteroatoms. The molecule has 5 rings (SSSR count). The molecule has 0 aromatic carbocycles. The molecular formula is C26H40O3. The zero-order chi connectivity index (χ0) is 20.8. The Balaban J connectivity index is 1.56. The zero-order valence-electron chi connectivity index (χ0n) is 18.9. The van der Waals surface area contributed by atoms with Crippen LogP contribution in [0.5, 0.6) is 0 Å². The molecule has 9 atom stereocenters. The lowest BCUT2D eigenvalue weighted by Crippen LogP contribution is -2.66. The van der Waals surface area contributed by atoms with Crippen molar-refractivity contribution in [1.29, 1.82) is 0 Å². The van der Waals surface area contributed by atoms with Gasteiger partial charge in [0.1, 0.15) is 11.6 Å². The van der Waals surface area contributed by atoms with Crippen molar-refractivity contribution in [1.82, 2.24) is 0 Å². The van der Waals surface area contributed by atoms with E-state index in [0.29, 0.717) is 42.3 Å². The van der Waals surface area contributed by atoms with Gasteiger partial charge >= 0.3 is 0 Å². The van der Waals surface area contributed by atoms with E-state index in [1.165, 1.54) is 25.7 Å². The molecular weight excluding hydrogens is 360 g/mol. The smallest absolute Gasteiger partial charge is 0.136 e. The highest BCUT2D eigenvalue weighted by atomic mass is 16.3. The van der Waals surface area contributed by atoms with Gasteiger partial charge in [0.05, 0.1) is 5.60 Å². The molecule has 1 N–H and O–H groups in total. The quantitative estimate of drug-likeness (QED) is 0.647. The maximum absolute atomic E-state index is 13.2. The average Bonchev–Trinajstić information content (AvgIpc) is 2.95. The van der Waals surface area contributed by atoms with Gasteiger partial charge in [0.2, 0.25) is 0 Å². The standard InChI is InChI=1S/C26H40O3/c1-16-13-20-21(24(4)11-8-19(28)15-26(16,24)29)9-12-23(3)22(20)14-18-7-5-6-10-25(18,23)17(2)27/h16,18,20-22,29H,5-15H2,1-4H3/t16-,18+,20+,21+,22-,23-,24+,25-,26-/m0/s1. The van der Waals surface area contributed by atoms with Crippen LogP contribution >= 0.6 is 0 Å². The van der Waals surface area contributed by atoms with Gasteiger partial charge in [0, 0.05) is 23.7 Å². The van der Waals surface area contributed by atoms with Crippen LogP contribution in [0, 0.1) is 45.8 Å². The van der Waals surface area contributed by atoms with Crippen molar-refractivity contribution in [2.75, 3.05) is 0 Å². The highest BCUT2D eigenvalue weighted by Crippen LogP contribution is 2.75. The largest absolute Gasteiger partial charge is 0.389 e. The second kappa shape index (κ2) is 6.17. The summed E-state index contributed by atoms with van der Waals surface area (Å²) < 4.78 is 0. The van der Waals surface area contributed by atoms with Crippen molar-refractivity contribution in [3.05, 3.63) is 0 Å². The van der Waals surface area contributed by atoms with E-state index >= 15 is 0 Å². The Morgan fingerprint density at radius 3 is 2.48 bits per heavy atom. The number of ketones is 2. The second-order valence-corrected chi connectivity index (χ2v) is 12.2. The lowest BCUT2D eigenvalue weighted by Gasteiger charge is -2.66. The van der Waals surface area contributed by atoms with Crippen molar-refractivity contribution in [2.45, 2.75) is 104 Å². The van der Waals surface area contributed by atoms with Crippen LogP contribution in [0.15, 0.2) is 0 Å². The lowest BCUT2D eigenvalue weighted by atomic mass is 9.40. The van der Waals surface area contributed by atoms with Crippen LogP contribution in [0.2, 0.25) is 0 Å². The summed E-state index contributed by atoms with van der Waals surface area (Å²) in [6, 6.07) is 0. The Kier molecular flexibility index (Phi) is 4.30. The molecule has 5 aliphatic rings. The molecule has 0 aromatic rings. The molecule has 0 saturated heterocycles. The number of aliphatic hydroxyl groups is 1. The fraction of sp³-hybridized carbons (Fsp3) is 0.923. The van der Waals surface area contributed by atoms with E-state index in [4.69, 9.17) is 0 Å². The summed E-state index contributed by atoms with van der Waals surface area (Å²) in [7, 11) is 0. The molecule has 162 valence electrons. The topological polar surface area (TPSA) is 54.4 Å². The van der Waals surface area contributed by atoms with Crippen LogP contribution in [-0.4, -0.2) is 22.3 Å². The molecule has 0 bridgehead atoms. The summed E-state index contributed by atoms with van der Waals surface area (Å²) in [4.78, 5) is 25.5. The van der Waals surface area contributed by atoms with Gasteiger partial charge in [-0.05, 0) is 86.9 Å². The molecule has 0 unspecified atom stereocenters. The van der Waals surface area contributed by atoms with E-state index in [9.17, 15) is 14.7 Å². The second-order valence-electron chi connectivity index (χ2n) is 12.2. The minimum atomic E-state index is -0.832. The first-order valence-corrected chi connectivity index (χ1v) is 12.4. The summed E-state index contributed by atoms with van der Waals surface area (Å²) in [5.74, 6) is 3.15. The number of rotatable bonds is 1. The van der Waals surface area contributed by atoms with Crippen LogP contribution in [-0.2, 0) is 9.59 Å². The molecule has 5 aliphatic carbocycles. The SMILES string of the molecule is CC(=O)[C@@]12CCCC[C@@H]1C[C@H]1[C@@H]3C[C@H](C)[C@@]4(O)CC(=O)CC[C@]4(C)[C@@H]3CC[C@@]12C. The summed E-state index contributed by atoms with van der Waals surface area (Å²) >= 11 is 0. The van der Waals surface area contributed by atoms with Gasteiger partial charge in [-0.25, -0.2) is 0 Å². The first-order valence-electron chi connectivity index (χ1n) is 12.4. The molecule has 5 fully saturated rings. The molecule has 0 radical (unpaired) electrons. The summed E-state index contributed by atoms with van der Waals surface area (Å²) in [5, 5.41) is 11.8. The lowest BCUT2D eigenvalue weighted by molar-refractivity contribution is -0.230. The number of carbonyl (C=O) groups excluding carboxylic acids is 2. The van der Waals surface area contributed by atoms with Crippen LogP contribution in [0.3, 0.4) is 0 Å². The fourth-order valence-corrected chi connectivity index (χ4v) is 10.3. The Morgan fingerprint density at radius 2 is 1.76 bits per heavy atom. The maximum Gasteiger partial charge on any atom is 0.136 e. The summed E-state index contributed by atoms with van der Waals surface area (Å²) in [6.07, 6.45) is 11.2. The van der Waals surface area contributed by atoms with Crippen molar-refractivity contribution in [2.24, 2.45) is 45.8 Å². The fourth-order valence-electron chi connectivity index (χ4n) is 10.3. The Morgan fingerprint density at radius 1 is 1.00 bits per heavy atom. The number of hydrogen-bond acceptors (Lipinski definition) is 3. The third-order valence-electron chi connectivity index (χ3n) is 11.7. The molecule has 0 heterocycles. The Labute approximate surface area is 176 Å². The van der Waals surface area contributed by atoms with Gasteiger partial charge in [0.25, 0.3) is 0 Å². The van der Waals surface area contributed by atoms with Crippen molar-refractivity contribution >= 4 is 11.6 Å². The van der Waals surface area contributed by atoms with Gasteiger partial charge in [-0.15, -0.1) is 0 Å². The van der Waals surface area contributed by atoms with Gasteiger partial charge in [0.15, 0.2) is 0 Å². The predicted molar refractivity (Wildman–Crippen MR) is 113 cm³/mol. The normalized spacial score (nSPS) is 56.7. The number of Topliss-reactive ketones (excluding diaryl/α,β-unsaturated/α-hetero) is 2. The van der Waals surface area contributed by atoms with E-state index in [-0.39, 0.29) is 27.9 Å². The van der Waals surface area contributed by atoms with E-state index in [0.717, 1.165) is 32.1 Å². The molecule has 0 spiro atoms. The first kappa shape index (κ1) is 20.2. The number of carbonyl (C=O) groups is 2. The highest BCUT2D eigenvalue weighted by Gasteiger charge is 2.71. The van der Waals surface area contributed by atoms with E-state index in [2.05, 4.69) is 20.8 Å². The monoisotopic (exact) mass is 400 g/mol. The molecule has 0 aliphatic heterocycles. The van der Waals surface area contributed by atoms with Gasteiger partial charge < -0.3 is 5.11 Å². The van der Waals surface area contributed by atoms with Crippen LogP contribution in [0.25, 0.3) is 0 Å². The number of hydrogen-bond donors (Lipinski definition) is 1. The van der Waals surface area contributed by atoms with Crippen molar-refractivity contribution in [3.63, 3.8) is 0 Å². The van der Waals surface area contributed by atoms with Crippen LogP contribution in [0.4, 0.5) is 0 Å². The Bertz CT molecular complexity index is 744. The third-order valence-corrected chi connectivity index (χ3v) is 11.7. The van der Waals surface area contributed by atoms with Gasteiger partial charge in [-0.2, -0.15) is 0 Å². The number of fused-ring (bicyclic) bond motifs is 7. The van der Waals surface area contributed by atoms with E-state index in [1.54, 1.807) is 0 Å². The van der Waals surface area contributed by atoms with Crippen LogP contribution in [0.1, 0.15) is 98.3 Å². The first-order chi connectivity index (χ1) is 13.6. The Hall–Kier alpha value is -0.700. The molecule has 3 nitrogen and oxygen atoms in total. The average molecular weight is 401 g/mol. The van der Waals surface area contributed by atoms with E-state index in [1.807, 2.05) is 6.92 Å². The molecule has 0 aromatic heterocycles. The van der Waals surface area contributed by atoms with Crippen molar-refractivity contribution < 1.29 is 14.7 Å². The summed E-state index contributed by atoms with van der Waals surface area (Å²) in [6.45, 7) is 8.85. The summed E-state index contributed by atoms with van der Waals surface area (Å²) in [5.41, 5.74) is -0.953. The van der Waals surface area contributed by atoms with Crippen molar-refractivity contribution in [3.8, 4) is 0 Å². The minimum absolute atomic E-state index is 0.0959. The minimum Gasteiger partial charge on any atom is -0.389 e. The van der Waals surface area contributed by atoms with Crippen LogP contribution < -0.4 is 0 Å². The van der Waals surface area contributed by atoms with Gasteiger partial charge in [-0.3, -0.25) is 9.59 Å². The maximum atomic E-state index is 13.2. The molecule has 29 heavy (non-hydrogen) atoms. The van der Waals surface area contributed by atoms with E-state index < -0.39 is 5.60 Å².